The molecule has 0 atom stereocenters. The first-order chi connectivity index (χ1) is 11.4. The van der Waals surface area contributed by atoms with Gasteiger partial charge in [-0.2, -0.15) is 0 Å². The van der Waals surface area contributed by atoms with E-state index in [4.69, 9.17) is 40.2 Å². The number of halogens is 2. The normalized spacial score (nSPS) is 10.0. The van der Waals surface area contributed by atoms with Crippen LogP contribution in [0.25, 0.3) is 0 Å². The minimum absolute atomic E-state index is 0.212. The highest BCUT2D eigenvalue weighted by atomic mass is 35.5. The highest BCUT2D eigenvalue weighted by molar-refractivity contribution is 7.80. The molecule has 2 aromatic rings. The van der Waals surface area contributed by atoms with Gasteiger partial charge in [0.15, 0.2) is 5.11 Å². The van der Waals surface area contributed by atoms with Crippen LogP contribution in [0, 0.1) is 6.92 Å². The van der Waals surface area contributed by atoms with Gasteiger partial charge in [-0.25, -0.2) is 0 Å². The fourth-order valence-electron chi connectivity index (χ4n) is 1.87. The van der Waals surface area contributed by atoms with Crippen molar-refractivity contribution in [2.75, 3.05) is 12.4 Å². The number of carbonyl (C=O) groups is 1. The lowest BCUT2D eigenvalue weighted by Gasteiger charge is -2.13. The Morgan fingerprint density at radius 1 is 1.12 bits per heavy atom. The van der Waals surface area contributed by atoms with E-state index >= 15 is 0 Å². The molecule has 1 amide bonds. The number of thiocarbonyl (C=S) groups is 1. The van der Waals surface area contributed by atoms with Crippen LogP contribution in [0.1, 0.15) is 15.9 Å². The van der Waals surface area contributed by atoms with Crippen molar-refractivity contribution in [3.63, 3.8) is 0 Å². The molecule has 3 N–H and O–H groups in total. The average Bonchev–Trinajstić information content (AvgIpc) is 2.56. The maximum absolute atomic E-state index is 12.2. The number of aryl methyl sites for hydroxylation is 1. The van der Waals surface area contributed by atoms with Crippen LogP contribution in [0.5, 0.6) is 5.75 Å². The summed E-state index contributed by atoms with van der Waals surface area (Å²) in [6.45, 7) is 1.90. The highest BCUT2D eigenvalue weighted by Gasteiger charge is 2.13. The van der Waals surface area contributed by atoms with Crippen LogP contribution in [0.2, 0.25) is 10.0 Å². The summed E-state index contributed by atoms with van der Waals surface area (Å²) in [5.74, 6) is -0.0247. The molecule has 0 saturated heterocycles. The van der Waals surface area contributed by atoms with E-state index in [-0.39, 0.29) is 5.11 Å². The first-order valence-corrected chi connectivity index (χ1v) is 8.04. The molecule has 0 saturated carbocycles. The van der Waals surface area contributed by atoms with Gasteiger partial charge in [-0.1, -0.05) is 29.3 Å². The van der Waals surface area contributed by atoms with Crippen molar-refractivity contribution in [3.05, 3.63) is 57.6 Å². The van der Waals surface area contributed by atoms with Crippen LogP contribution in [0.15, 0.2) is 36.4 Å². The molecular formula is C16H15Cl2N3O2S. The lowest BCUT2D eigenvalue weighted by Crippen LogP contribution is -2.43. The van der Waals surface area contributed by atoms with Crippen LogP contribution < -0.4 is 20.9 Å². The molecule has 2 rings (SSSR count). The van der Waals surface area contributed by atoms with Gasteiger partial charge in [-0.3, -0.25) is 15.6 Å². The second-order valence-electron chi connectivity index (χ2n) is 4.84. The largest absolute Gasteiger partial charge is 0.496 e. The SMILES string of the molecule is COc1ccc(Cl)cc1C(=O)NNC(=S)Nc1ccc(C)c(Cl)c1. The summed E-state index contributed by atoms with van der Waals surface area (Å²) in [5, 5.41) is 4.18. The summed E-state index contributed by atoms with van der Waals surface area (Å²) in [4.78, 5) is 12.2. The van der Waals surface area contributed by atoms with E-state index in [0.29, 0.717) is 27.0 Å². The molecule has 126 valence electrons. The summed E-state index contributed by atoms with van der Waals surface area (Å²) in [7, 11) is 1.47. The number of carbonyl (C=O) groups excluding carboxylic acids is 1. The lowest BCUT2D eigenvalue weighted by atomic mass is 10.2. The molecule has 2 aromatic carbocycles. The molecular weight excluding hydrogens is 369 g/mol. The molecule has 0 heterocycles. The highest BCUT2D eigenvalue weighted by Crippen LogP contribution is 2.22. The predicted octanol–water partition coefficient (Wildman–Crippen LogP) is 3.94. The number of amides is 1. The van der Waals surface area contributed by atoms with Crippen LogP contribution >= 0.6 is 35.4 Å². The average molecular weight is 384 g/mol. The van der Waals surface area contributed by atoms with Crippen molar-refractivity contribution in [3.8, 4) is 5.75 Å². The Morgan fingerprint density at radius 3 is 2.54 bits per heavy atom. The van der Waals surface area contributed by atoms with Gasteiger partial charge in [0, 0.05) is 15.7 Å². The van der Waals surface area contributed by atoms with Gasteiger partial charge in [0.05, 0.1) is 12.7 Å². The molecule has 0 spiro atoms. The van der Waals surface area contributed by atoms with Gasteiger partial charge in [0.25, 0.3) is 5.91 Å². The predicted molar refractivity (Wildman–Crippen MR) is 101 cm³/mol. The quantitative estimate of drug-likeness (QED) is 0.553. The van der Waals surface area contributed by atoms with E-state index < -0.39 is 5.91 Å². The van der Waals surface area contributed by atoms with Crippen molar-refractivity contribution >= 4 is 52.1 Å². The number of ether oxygens (including phenoxy) is 1. The monoisotopic (exact) mass is 383 g/mol. The molecule has 0 aliphatic rings. The lowest BCUT2D eigenvalue weighted by molar-refractivity contribution is 0.0941. The second kappa shape index (κ2) is 8.19. The van der Waals surface area contributed by atoms with Crippen LogP contribution in [-0.2, 0) is 0 Å². The number of hydrogen-bond donors (Lipinski definition) is 3. The molecule has 0 fully saturated rings. The summed E-state index contributed by atoms with van der Waals surface area (Å²) >= 11 is 17.1. The zero-order chi connectivity index (χ0) is 17.7. The Kier molecular flexibility index (Phi) is 6.25. The molecule has 0 bridgehead atoms. The number of nitrogens with one attached hydrogen (secondary N) is 3. The Hall–Kier alpha value is -2.02. The number of hydrogen-bond acceptors (Lipinski definition) is 3. The van der Waals surface area contributed by atoms with E-state index in [2.05, 4.69) is 16.2 Å². The van der Waals surface area contributed by atoms with Gasteiger partial charge in [-0.15, -0.1) is 0 Å². The number of methoxy groups -OCH3 is 1. The molecule has 0 aliphatic heterocycles. The van der Waals surface area contributed by atoms with E-state index in [0.717, 1.165) is 5.56 Å². The standard InChI is InChI=1S/C16H15Cl2N3O2S/c1-9-3-5-11(8-13(9)18)19-16(24)21-20-15(22)12-7-10(17)4-6-14(12)23-2/h3-8H,1-2H3,(H,20,22)(H2,19,21,24). The topological polar surface area (TPSA) is 62.4 Å². The van der Waals surface area contributed by atoms with Crippen molar-refractivity contribution in [2.45, 2.75) is 6.92 Å². The van der Waals surface area contributed by atoms with E-state index in [1.165, 1.54) is 13.2 Å². The van der Waals surface area contributed by atoms with Gasteiger partial charge in [-0.05, 0) is 55.0 Å². The van der Waals surface area contributed by atoms with Gasteiger partial charge in [0.1, 0.15) is 5.75 Å². The van der Waals surface area contributed by atoms with Crippen LogP contribution in [-0.4, -0.2) is 18.1 Å². The molecule has 0 aromatic heterocycles. The Bertz CT molecular complexity index is 784. The summed E-state index contributed by atoms with van der Waals surface area (Å²) in [6, 6.07) is 10.2. The van der Waals surface area contributed by atoms with Gasteiger partial charge in [0.2, 0.25) is 0 Å². The summed E-state index contributed by atoms with van der Waals surface area (Å²) in [6.07, 6.45) is 0. The van der Waals surface area contributed by atoms with Crippen molar-refractivity contribution in [1.29, 1.82) is 0 Å². The second-order valence-corrected chi connectivity index (χ2v) is 6.09. The third-order valence-corrected chi connectivity index (χ3v) is 3.97. The fraction of sp³-hybridized carbons (Fsp3) is 0.125. The molecule has 8 heteroatoms. The Morgan fingerprint density at radius 2 is 1.88 bits per heavy atom. The molecule has 5 nitrogen and oxygen atoms in total. The van der Waals surface area contributed by atoms with Crippen molar-refractivity contribution in [2.24, 2.45) is 0 Å². The van der Waals surface area contributed by atoms with Crippen molar-refractivity contribution < 1.29 is 9.53 Å². The van der Waals surface area contributed by atoms with Gasteiger partial charge < -0.3 is 10.1 Å². The smallest absolute Gasteiger partial charge is 0.273 e. The molecule has 0 aliphatic carbocycles. The minimum Gasteiger partial charge on any atom is -0.496 e. The molecule has 0 unspecified atom stereocenters. The minimum atomic E-state index is -0.430. The number of rotatable bonds is 3. The number of hydrazine groups is 1. The maximum atomic E-state index is 12.2. The zero-order valence-electron chi connectivity index (χ0n) is 12.9. The molecule has 24 heavy (non-hydrogen) atoms. The first kappa shape index (κ1) is 18.3. The zero-order valence-corrected chi connectivity index (χ0v) is 15.3. The van der Waals surface area contributed by atoms with E-state index in [1.807, 2.05) is 19.1 Å². The van der Waals surface area contributed by atoms with Crippen LogP contribution in [0.3, 0.4) is 0 Å². The molecule has 0 radical (unpaired) electrons. The maximum Gasteiger partial charge on any atom is 0.273 e. The summed E-state index contributed by atoms with van der Waals surface area (Å²) in [5.41, 5.74) is 7.05. The fourth-order valence-corrected chi connectivity index (χ4v) is 2.39. The van der Waals surface area contributed by atoms with E-state index in [1.54, 1.807) is 18.2 Å². The van der Waals surface area contributed by atoms with Gasteiger partial charge >= 0.3 is 0 Å². The number of anilines is 1. The first-order valence-electron chi connectivity index (χ1n) is 6.87. The van der Waals surface area contributed by atoms with E-state index in [9.17, 15) is 4.79 Å². The third kappa shape index (κ3) is 4.74. The summed E-state index contributed by atoms with van der Waals surface area (Å²) < 4.78 is 5.14. The Labute approximate surface area is 155 Å². The third-order valence-electron chi connectivity index (χ3n) is 3.13. The number of benzene rings is 2. The Balaban J connectivity index is 1.97. The van der Waals surface area contributed by atoms with Crippen molar-refractivity contribution in [1.82, 2.24) is 10.9 Å². The van der Waals surface area contributed by atoms with Crippen LogP contribution in [0.4, 0.5) is 5.69 Å².